The first-order valence-electron chi connectivity index (χ1n) is 8.53. The van der Waals surface area contributed by atoms with Crippen molar-refractivity contribution >= 4 is 11.9 Å². The van der Waals surface area contributed by atoms with Gasteiger partial charge in [-0.25, -0.2) is 9.97 Å². The van der Waals surface area contributed by atoms with Crippen LogP contribution >= 0.6 is 0 Å². The highest BCUT2D eigenvalue weighted by Gasteiger charge is 2.45. The third-order valence-corrected chi connectivity index (χ3v) is 4.86. The number of nitrogens with zero attached hydrogens (tertiary/aromatic N) is 5. The first-order valence-corrected chi connectivity index (χ1v) is 8.53. The average Bonchev–Trinajstić information content (AvgIpc) is 3.46. The van der Waals surface area contributed by atoms with Gasteiger partial charge in [0, 0.05) is 56.9 Å². The normalized spacial score (nSPS) is 23.7. The van der Waals surface area contributed by atoms with Crippen LogP contribution in [0, 0.1) is 5.92 Å². The Morgan fingerprint density at radius 1 is 1.04 bits per heavy atom. The molecule has 1 saturated carbocycles. The maximum absolute atomic E-state index is 12.8. The van der Waals surface area contributed by atoms with E-state index in [0.29, 0.717) is 11.8 Å². The molecule has 6 nitrogen and oxygen atoms in total. The third-order valence-electron chi connectivity index (χ3n) is 4.86. The summed E-state index contributed by atoms with van der Waals surface area (Å²) in [6, 6.07) is 5.84. The zero-order chi connectivity index (χ0) is 16.4. The van der Waals surface area contributed by atoms with Gasteiger partial charge in [-0.2, -0.15) is 0 Å². The number of carbonyl (C=O) groups excluding carboxylic acids is 1. The molecule has 0 N–H and O–H groups in total. The Bertz CT molecular complexity index is 693. The molecule has 1 aliphatic heterocycles. The van der Waals surface area contributed by atoms with Crippen molar-refractivity contribution in [2.24, 2.45) is 5.92 Å². The number of aromatic nitrogens is 3. The smallest absolute Gasteiger partial charge is 0.226 e. The van der Waals surface area contributed by atoms with Crippen molar-refractivity contribution in [3.8, 4) is 0 Å². The predicted octanol–water partition coefficient (Wildman–Crippen LogP) is 1.71. The number of amides is 1. The molecule has 1 amide bonds. The van der Waals surface area contributed by atoms with E-state index in [1.807, 2.05) is 23.2 Å². The van der Waals surface area contributed by atoms with E-state index in [1.54, 1.807) is 18.6 Å². The van der Waals surface area contributed by atoms with Crippen LogP contribution in [0.2, 0.25) is 0 Å². The van der Waals surface area contributed by atoms with Crippen molar-refractivity contribution < 1.29 is 4.79 Å². The van der Waals surface area contributed by atoms with Gasteiger partial charge in [0.05, 0.1) is 0 Å². The van der Waals surface area contributed by atoms with Gasteiger partial charge in [-0.3, -0.25) is 9.78 Å². The summed E-state index contributed by atoms with van der Waals surface area (Å²) in [6.07, 6.45) is 9.09. The van der Waals surface area contributed by atoms with Crippen molar-refractivity contribution in [3.05, 3.63) is 48.5 Å². The van der Waals surface area contributed by atoms with E-state index in [9.17, 15) is 4.79 Å². The lowest BCUT2D eigenvalue weighted by molar-refractivity contribution is -0.132. The van der Waals surface area contributed by atoms with Gasteiger partial charge in [0.1, 0.15) is 0 Å². The lowest BCUT2D eigenvalue weighted by atomic mass is 10.1. The number of carbonyl (C=O) groups is 1. The molecule has 1 saturated heterocycles. The fourth-order valence-electron chi connectivity index (χ4n) is 3.46. The van der Waals surface area contributed by atoms with E-state index in [-0.39, 0.29) is 5.92 Å². The second kappa shape index (κ2) is 6.55. The SMILES string of the molecule is O=C([C@@H]1C[C@H]1c1cccnc1)N1CCCN(c2ncccn2)CC1. The molecule has 124 valence electrons. The highest BCUT2D eigenvalue weighted by molar-refractivity contribution is 5.83. The van der Waals surface area contributed by atoms with E-state index in [4.69, 9.17) is 0 Å². The molecular formula is C18H21N5O. The van der Waals surface area contributed by atoms with Crippen molar-refractivity contribution in [3.63, 3.8) is 0 Å². The summed E-state index contributed by atoms with van der Waals surface area (Å²) >= 11 is 0. The summed E-state index contributed by atoms with van der Waals surface area (Å²) < 4.78 is 0. The van der Waals surface area contributed by atoms with Gasteiger partial charge in [0.25, 0.3) is 0 Å². The number of pyridine rings is 1. The summed E-state index contributed by atoms with van der Waals surface area (Å²) in [5, 5.41) is 0. The van der Waals surface area contributed by atoms with E-state index >= 15 is 0 Å². The van der Waals surface area contributed by atoms with Crippen molar-refractivity contribution in [2.45, 2.75) is 18.8 Å². The molecule has 2 aromatic heterocycles. The Morgan fingerprint density at radius 2 is 1.92 bits per heavy atom. The molecule has 1 aliphatic carbocycles. The Labute approximate surface area is 141 Å². The monoisotopic (exact) mass is 323 g/mol. The van der Waals surface area contributed by atoms with Gasteiger partial charge in [0.15, 0.2) is 0 Å². The second-order valence-corrected chi connectivity index (χ2v) is 6.45. The topological polar surface area (TPSA) is 62.2 Å². The van der Waals surface area contributed by atoms with Gasteiger partial charge in [-0.05, 0) is 36.5 Å². The first kappa shape index (κ1) is 15.1. The zero-order valence-electron chi connectivity index (χ0n) is 13.6. The number of rotatable bonds is 3. The molecule has 6 heteroatoms. The summed E-state index contributed by atoms with van der Waals surface area (Å²) in [5.41, 5.74) is 1.19. The number of hydrogen-bond acceptors (Lipinski definition) is 5. The number of anilines is 1. The highest BCUT2D eigenvalue weighted by atomic mass is 16.2. The zero-order valence-corrected chi connectivity index (χ0v) is 13.6. The van der Waals surface area contributed by atoms with Gasteiger partial charge in [-0.1, -0.05) is 6.07 Å². The molecule has 0 unspecified atom stereocenters. The van der Waals surface area contributed by atoms with Crippen LogP contribution in [0.25, 0.3) is 0 Å². The van der Waals surface area contributed by atoms with Crippen LogP contribution in [0.5, 0.6) is 0 Å². The van der Waals surface area contributed by atoms with Crippen LogP contribution in [0.3, 0.4) is 0 Å². The van der Waals surface area contributed by atoms with Crippen LogP contribution in [0.4, 0.5) is 5.95 Å². The molecule has 2 aliphatic rings. The summed E-state index contributed by atoms with van der Waals surface area (Å²) in [4.78, 5) is 29.8. The van der Waals surface area contributed by atoms with Crippen LogP contribution in [-0.4, -0.2) is 51.9 Å². The maximum atomic E-state index is 12.8. The van der Waals surface area contributed by atoms with E-state index in [0.717, 1.165) is 45.0 Å². The minimum Gasteiger partial charge on any atom is -0.341 e. The van der Waals surface area contributed by atoms with Crippen LogP contribution in [0.1, 0.15) is 24.3 Å². The molecule has 24 heavy (non-hydrogen) atoms. The third kappa shape index (κ3) is 3.09. The standard InChI is InChI=1S/C18H21N5O/c24-17(16-12-15(16)14-4-1-5-19-13-14)22-8-3-9-23(11-10-22)18-20-6-2-7-21-18/h1-2,4-7,13,15-16H,3,8-12H2/t15-,16+/m0/s1. The molecule has 4 rings (SSSR count). The van der Waals surface area contributed by atoms with Gasteiger partial charge in [0.2, 0.25) is 11.9 Å². The molecule has 2 fully saturated rings. The Kier molecular flexibility index (Phi) is 4.11. The molecule has 0 spiro atoms. The largest absolute Gasteiger partial charge is 0.341 e. The quantitative estimate of drug-likeness (QED) is 0.860. The molecule has 0 bridgehead atoms. The first-order chi connectivity index (χ1) is 11.8. The molecular weight excluding hydrogens is 302 g/mol. The van der Waals surface area contributed by atoms with Crippen molar-refractivity contribution in [1.82, 2.24) is 19.9 Å². The van der Waals surface area contributed by atoms with Crippen molar-refractivity contribution in [2.75, 3.05) is 31.1 Å². The lowest BCUT2D eigenvalue weighted by Gasteiger charge is -2.22. The minimum atomic E-state index is 0.133. The summed E-state index contributed by atoms with van der Waals surface area (Å²) in [7, 11) is 0. The van der Waals surface area contributed by atoms with Crippen LogP contribution < -0.4 is 4.90 Å². The van der Waals surface area contributed by atoms with E-state index in [2.05, 4.69) is 25.9 Å². The van der Waals surface area contributed by atoms with Gasteiger partial charge in [-0.15, -0.1) is 0 Å². The summed E-state index contributed by atoms with van der Waals surface area (Å²) in [5.74, 6) is 1.53. The molecule has 0 aromatic carbocycles. The average molecular weight is 323 g/mol. The van der Waals surface area contributed by atoms with E-state index < -0.39 is 0 Å². The van der Waals surface area contributed by atoms with Gasteiger partial charge >= 0.3 is 0 Å². The summed E-state index contributed by atoms with van der Waals surface area (Å²) in [6.45, 7) is 3.25. The van der Waals surface area contributed by atoms with E-state index in [1.165, 1.54) is 5.56 Å². The van der Waals surface area contributed by atoms with Gasteiger partial charge < -0.3 is 9.80 Å². The van der Waals surface area contributed by atoms with Crippen LogP contribution in [0.15, 0.2) is 43.0 Å². The second-order valence-electron chi connectivity index (χ2n) is 6.45. The number of hydrogen-bond donors (Lipinski definition) is 0. The predicted molar refractivity (Wildman–Crippen MR) is 90.5 cm³/mol. The minimum absolute atomic E-state index is 0.133. The highest BCUT2D eigenvalue weighted by Crippen LogP contribution is 2.48. The maximum Gasteiger partial charge on any atom is 0.226 e. The fraction of sp³-hybridized carbons (Fsp3) is 0.444. The molecule has 2 aromatic rings. The molecule has 3 heterocycles. The molecule has 0 radical (unpaired) electrons. The van der Waals surface area contributed by atoms with Crippen LogP contribution in [-0.2, 0) is 4.79 Å². The lowest BCUT2D eigenvalue weighted by Crippen LogP contribution is -2.36. The van der Waals surface area contributed by atoms with Crippen molar-refractivity contribution in [1.29, 1.82) is 0 Å². The Balaban J connectivity index is 1.37. The Hall–Kier alpha value is -2.50. The fourth-order valence-corrected chi connectivity index (χ4v) is 3.46. The molecule has 2 atom stereocenters. The Morgan fingerprint density at radius 3 is 2.71 bits per heavy atom.